The minimum absolute atomic E-state index is 0.0710. The highest BCUT2D eigenvalue weighted by Gasteiger charge is 2.42. The Morgan fingerprint density at radius 1 is 0.909 bits per heavy atom. The van der Waals surface area contributed by atoms with E-state index >= 15 is 0 Å². The number of aromatic nitrogens is 2. The first kappa shape index (κ1) is 29.5. The van der Waals surface area contributed by atoms with Crippen molar-refractivity contribution in [1.82, 2.24) is 19.4 Å². The molecule has 7 rings (SSSR count). The van der Waals surface area contributed by atoms with Gasteiger partial charge in [-0.15, -0.1) is 0 Å². The molecule has 2 bridgehead atoms. The molecule has 7 nitrogen and oxygen atoms in total. The molecule has 2 aromatic carbocycles. The molecule has 4 heterocycles. The van der Waals surface area contributed by atoms with Gasteiger partial charge in [0.25, 0.3) is 0 Å². The number of carbonyl (C=O) groups is 1. The molecule has 0 spiro atoms. The van der Waals surface area contributed by atoms with Crippen molar-refractivity contribution in [2.75, 3.05) is 24.5 Å². The summed E-state index contributed by atoms with van der Waals surface area (Å²) in [5, 5.41) is 0. The van der Waals surface area contributed by atoms with Crippen molar-refractivity contribution >= 4 is 11.8 Å². The van der Waals surface area contributed by atoms with Crippen LogP contribution in [0.15, 0.2) is 60.7 Å². The molecule has 1 unspecified atom stereocenters. The number of ether oxygens (including phenoxy) is 1. The Bertz CT molecular complexity index is 1370. The third kappa shape index (κ3) is 6.45. The van der Waals surface area contributed by atoms with Crippen LogP contribution >= 0.6 is 0 Å². The van der Waals surface area contributed by atoms with Gasteiger partial charge in [-0.2, -0.15) is 0 Å². The zero-order valence-corrected chi connectivity index (χ0v) is 26.4. The van der Waals surface area contributed by atoms with E-state index in [0.717, 1.165) is 70.4 Å². The Hall–Kier alpha value is -3.16. The van der Waals surface area contributed by atoms with Crippen LogP contribution in [-0.4, -0.2) is 63.3 Å². The normalized spacial score (nSPS) is 24.2. The van der Waals surface area contributed by atoms with Crippen molar-refractivity contribution < 1.29 is 9.53 Å². The van der Waals surface area contributed by atoms with Crippen LogP contribution < -0.4 is 4.90 Å². The van der Waals surface area contributed by atoms with Crippen LogP contribution in [0, 0.1) is 6.92 Å². The van der Waals surface area contributed by atoms with Gasteiger partial charge in [0, 0.05) is 68.7 Å². The maximum atomic E-state index is 13.3. The van der Waals surface area contributed by atoms with Crippen LogP contribution in [0.3, 0.4) is 0 Å². The van der Waals surface area contributed by atoms with E-state index in [1.807, 2.05) is 35.2 Å². The van der Waals surface area contributed by atoms with Crippen molar-refractivity contribution in [3.63, 3.8) is 0 Å². The Labute approximate surface area is 263 Å². The zero-order valence-electron chi connectivity index (χ0n) is 26.4. The van der Waals surface area contributed by atoms with Crippen LogP contribution in [-0.2, 0) is 24.2 Å². The second-order valence-electron chi connectivity index (χ2n) is 13.6. The number of imidazole rings is 1. The summed E-state index contributed by atoms with van der Waals surface area (Å²) >= 11 is 0. The number of rotatable bonds is 9. The number of para-hydroxylation sites is 1. The molecule has 3 atom stereocenters. The topological polar surface area (TPSA) is 53.8 Å². The van der Waals surface area contributed by atoms with E-state index in [-0.39, 0.29) is 12.2 Å². The number of hydrogen-bond acceptors (Lipinski definition) is 5. The van der Waals surface area contributed by atoms with E-state index in [0.29, 0.717) is 24.7 Å². The summed E-state index contributed by atoms with van der Waals surface area (Å²) in [7, 11) is 0. The molecule has 1 aliphatic carbocycles. The van der Waals surface area contributed by atoms with E-state index in [4.69, 9.17) is 9.72 Å². The molecule has 7 heteroatoms. The molecule has 0 radical (unpaired) electrons. The highest BCUT2D eigenvalue weighted by atomic mass is 16.6. The smallest absolute Gasteiger partial charge is 0.414 e. The van der Waals surface area contributed by atoms with Crippen LogP contribution in [0.4, 0.5) is 10.5 Å². The number of amides is 1. The van der Waals surface area contributed by atoms with Gasteiger partial charge < -0.3 is 9.30 Å². The molecule has 2 saturated heterocycles. The third-order valence-corrected chi connectivity index (χ3v) is 10.7. The molecule has 234 valence electrons. The Morgan fingerprint density at radius 3 is 2.34 bits per heavy atom. The van der Waals surface area contributed by atoms with E-state index in [1.54, 1.807) is 0 Å². The van der Waals surface area contributed by atoms with Gasteiger partial charge in [-0.25, -0.2) is 9.78 Å². The molecular weight excluding hydrogens is 546 g/mol. The van der Waals surface area contributed by atoms with Gasteiger partial charge >= 0.3 is 6.09 Å². The minimum Gasteiger partial charge on any atom is -0.446 e. The lowest BCUT2D eigenvalue weighted by atomic mass is 9.95. The van der Waals surface area contributed by atoms with E-state index < -0.39 is 0 Å². The van der Waals surface area contributed by atoms with Crippen molar-refractivity contribution in [2.45, 2.75) is 115 Å². The highest BCUT2D eigenvalue weighted by Crippen LogP contribution is 2.42. The lowest BCUT2D eigenvalue weighted by molar-refractivity contribution is 0.0798. The fraction of sp³-hybridized carbons (Fsp3) is 0.568. The van der Waals surface area contributed by atoms with Gasteiger partial charge in [0.2, 0.25) is 0 Å². The molecular formula is C37H49N5O2. The Kier molecular flexibility index (Phi) is 9.03. The van der Waals surface area contributed by atoms with Crippen LogP contribution in [0.25, 0.3) is 0 Å². The maximum Gasteiger partial charge on any atom is 0.414 e. The third-order valence-electron chi connectivity index (χ3n) is 10.7. The number of benzene rings is 2. The average molecular weight is 596 g/mol. The largest absolute Gasteiger partial charge is 0.446 e. The van der Waals surface area contributed by atoms with Gasteiger partial charge in [0.15, 0.2) is 0 Å². The van der Waals surface area contributed by atoms with Gasteiger partial charge in [-0.3, -0.25) is 14.7 Å². The Balaban J connectivity index is 0.965. The molecule has 44 heavy (non-hydrogen) atoms. The molecule has 1 saturated carbocycles. The molecule has 3 aliphatic heterocycles. The number of nitrogens with zero attached hydrogens (tertiary/aromatic N) is 5. The first-order valence-corrected chi connectivity index (χ1v) is 17.2. The summed E-state index contributed by atoms with van der Waals surface area (Å²) in [6.45, 7) is 7.00. The van der Waals surface area contributed by atoms with Gasteiger partial charge in [0.05, 0.1) is 5.69 Å². The summed E-state index contributed by atoms with van der Waals surface area (Å²) in [5.41, 5.74) is 5.10. The minimum atomic E-state index is -0.174. The summed E-state index contributed by atoms with van der Waals surface area (Å²) in [6, 6.07) is 22.7. The van der Waals surface area contributed by atoms with Crippen molar-refractivity contribution in [3.8, 4) is 0 Å². The van der Waals surface area contributed by atoms with Gasteiger partial charge in [-0.1, -0.05) is 55.0 Å². The second-order valence-corrected chi connectivity index (χ2v) is 13.6. The fourth-order valence-corrected chi connectivity index (χ4v) is 8.61. The molecule has 3 fully saturated rings. The number of fused-ring (bicyclic) bond motifs is 3. The summed E-state index contributed by atoms with van der Waals surface area (Å²) < 4.78 is 8.65. The molecule has 0 N–H and O–H groups in total. The standard InChI is InChI=1S/C37H49N5O2/c1-28-38-35-27-39(26-29-12-5-2-6-13-29)23-20-36(35)42(28)33-24-31-18-19-32(25-33)40(31)21-11-22-41(30-14-7-3-8-15-30)37(43)44-34-16-9-4-10-17-34/h2-3,5-8,12-15,31-34H,4,9-11,16-27H2,1H3/t31-,32+,33?. The van der Waals surface area contributed by atoms with E-state index in [1.165, 1.54) is 54.9 Å². The fourth-order valence-electron chi connectivity index (χ4n) is 8.61. The van der Waals surface area contributed by atoms with Crippen LogP contribution in [0.1, 0.15) is 93.0 Å². The first-order chi connectivity index (χ1) is 21.6. The number of anilines is 1. The van der Waals surface area contributed by atoms with Crippen molar-refractivity contribution in [2.24, 2.45) is 0 Å². The average Bonchev–Trinajstić information content (AvgIpc) is 3.50. The molecule has 1 aromatic heterocycles. The quantitative estimate of drug-likeness (QED) is 0.260. The lowest BCUT2D eigenvalue weighted by Crippen LogP contribution is -2.45. The molecule has 3 aromatic rings. The summed E-state index contributed by atoms with van der Waals surface area (Å²) in [6.07, 6.45) is 12.5. The number of piperidine rings is 1. The monoisotopic (exact) mass is 595 g/mol. The van der Waals surface area contributed by atoms with Gasteiger partial charge in [-0.05, 0) is 82.4 Å². The lowest BCUT2D eigenvalue weighted by Gasteiger charge is -2.41. The highest BCUT2D eigenvalue weighted by molar-refractivity contribution is 5.87. The van der Waals surface area contributed by atoms with Crippen molar-refractivity contribution in [3.05, 3.63) is 83.4 Å². The zero-order chi connectivity index (χ0) is 29.9. The predicted molar refractivity (Wildman–Crippen MR) is 175 cm³/mol. The molecule has 4 aliphatic rings. The van der Waals surface area contributed by atoms with Crippen LogP contribution in [0.5, 0.6) is 0 Å². The first-order valence-electron chi connectivity index (χ1n) is 17.2. The number of aryl methyl sites for hydroxylation is 1. The number of carbonyl (C=O) groups excluding carboxylic acids is 1. The second kappa shape index (κ2) is 13.5. The summed E-state index contributed by atoms with van der Waals surface area (Å²) in [5.74, 6) is 1.20. The predicted octanol–water partition coefficient (Wildman–Crippen LogP) is 7.28. The van der Waals surface area contributed by atoms with E-state index in [9.17, 15) is 4.79 Å². The summed E-state index contributed by atoms with van der Waals surface area (Å²) in [4.78, 5) is 25.7. The van der Waals surface area contributed by atoms with E-state index in [2.05, 4.69) is 51.6 Å². The number of hydrogen-bond donors (Lipinski definition) is 0. The van der Waals surface area contributed by atoms with Crippen LogP contribution in [0.2, 0.25) is 0 Å². The SMILES string of the molecule is Cc1nc2c(n1C1C[C@H]3CC[C@@H](C1)N3CCCN(C(=O)OC1CCCCC1)c1ccccc1)CCN(Cc1ccccc1)C2. The molecule has 1 amide bonds. The van der Waals surface area contributed by atoms with Gasteiger partial charge in [0.1, 0.15) is 11.9 Å². The van der Waals surface area contributed by atoms with Crippen molar-refractivity contribution in [1.29, 1.82) is 0 Å². The Morgan fingerprint density at radius 2 is 1.61 bits per heavy atom. The maximum absolute atomic E-state index is 13.3.